The van der Waals surface area contributed by atoms with Crippen LogP contribution in [0, 0.1) is 19.7 Å². The number of nitrogens with one attached hydrogen (secondary N) is 2. The molecular weight excluding hydrogens is 397 g/mol. The zero-order valence-electron chi connectivity index (χ0n) is 17.9. The highest BCUT2D eigenvalue weighted by molar-refractivity contribution is 6.06. The van der Waals surface area contributed by atoms with E-state index in [4.69, 9.17) is 4.74 Å². The molecule has 1 aliphatic heterocycles. The standard InChI is InChI=1S/C24H26FN3O3/c1-14-15(2)26-22-19(14)5-4-6-20(22)23(29)27-18-11-21(24(30)31-3)28(13-18)12-16-7-9-17(25)10-8-16/h4-10,18,21,26H,11-13H2,1-3H3,(H,27,29)/t18-,21+/m1/s1. The van der Waals surface area contributed by atoms with E-state index in [0.29, 0.717) is 25.1 Å². The Hall–Kier alpha value is -3.19. The molecule has 1 saturated heterocycles. The maximum absolute atomic E-state index is 13.2. The number of aryl methyl sites for hydroxylation is 2. The Morgan fingerprint density at radius 2 is 1.94 bits per heavy atom. The molecule has 162 valence electrons. The molecule has 0 radical (unpaired) electrons. The Labute approximate surface area is 180 Å². The normalized spacial score (nSPS) is 19.0. The van der Waals surface area contributed by atoms with E-state index in [1.807, 2.05) is 30.9 Å². The largest absolute Gasteiger partial charge is 0.468 e. The molecule has 7 heteroatoms. The Morgan fingerprint density at radius 3 is 2.65 bits per heavy atom. The van der Waals surface area contributed by atoms with Crippen molar-refractivity contribution in [2.45, 2.75) is 38.9 Å². The molecule has 1 fully saturated rings. The topological polar surface area (TPSA) is 74.4 Å². The highest BCUT2D eigenvalue weighted by atomic mass is 19.1. The summed E-state index contributed by atoms with van der Waals surface area (Å²) in [4.78, 5) is 30.7. The van der Waals surface area contributed by atoms with Crippen LogP contribution in [0.1, 0.15) is 33.6 Å². The molecule has 2 heterocycles. The van der Waals surface area contributed by atoms with Crippen molar-refractivity contribution in [2.24, 2.45) is 0 Å². The number of aromatic nitrogens is 1. The summed E-state index contributed by atoms with van der Waals surface area (Å²) in [6, 6.07) is 11.2. The summed E-state index contributed by atoms with van der Waals surface area (Å²) in [5.41, 5.74) is 4.46. The summed E-state index contributed by atoms with van der Waals surface area (Å²) >= 11 is 0. The molecule has 0 saturated carbocycles. The van der Waals surface area contributed by atoms with Crippen LogP contribution >= 0.6 is 0 Å². The number of carbonyl (C=O) groups excluding carboxylic acids is 2. The molecule has 1 amide bonds. The molecule has 6 nitrogen and oxygen atoms in total. The molecule has 2 N–H and O–H groups in total. The Morgan fingerprint density at radius 1 is 1.19 bits per heavy atom. The molecule has 1 aromatic heterocycles. The molecule has 2 atom stereocenters. The van der Waals surface area contributed by atoms with E-state index < -0.39 is 6.04 Å². The van der Waals surface area contributed by atoms with Gasteiger partial charge < -0.3 is 15.0 Å². The molecule has 0 aliphatic carbocycles. The first-order valence-electron chi connectivity index (χ1n) is 10.3. The maximum Gasteiger partial charge on any atom is 0.323 e. The van der Waals surface area contributed by atoms with Crippen molar-refractivity contribution in [1.29, 1.82) is 0 Å². The van der Waals surface area contributed by atoms with Crippen LogP contribution in [0.2, 0.25) is 0 Å². The lowest BCUT2D eigenvalue weighted by molar-refractivity contribution is -0.146. The zero-order chi connectivity index (χ0) is 22.1. The molecular formula is C24H26FN3O3. The number of aromatic amines is 1. The van der Waals surface area contributed by atoms with Crippen molar-refractivity contribution in [3.05, 3.63) is 70.7 Å². The van der Waals surface area contributed by atoms with Crippen LogP contribution in [-0.4, -0.2) is 47.5 Å². The summed E-state index contributed by atoms with van der Waals surface area (Å²) in [6.45, 7) is 4.99. The Bertz CT molecular complexity index is 1120. The number of halogens is 1. The summed E-state index contributed by atoms with van der Waals surface area (Å²) in [7, 11) is 1.36. The predicted octanol–water partition coefficient (Wildman–Crippen LogP) is 3.47. The summed E-state index contributed by atoms with van der Waals surface area (Å²) in [6.07, 6.45) is 0.457. The smallest absolute Gasteiger partial charge is 0.323 e. The predicted molar refractivity (Wildman–Crippen MR) is 116 cm³/mol. The van der Waals surface area contributed by atoms with E-state index in [0.717, 1.165) is 27.7 Å². The number of esters is 1. The lowest BCUT2D eigenvalue weighted by atomic mass is 10.1. The lowest BCUT2D eigenvalue weighted by Crippen LogP contribution is -2.37. The minimum Gasteiger partial charge on any atom is -0.468 e. The van der Waals surface area contributed by atoms with Gasteiger partial charge in [0, 0.05) is 30.2 Å². The number of fused-ring (bicyclic) bond motifs is 1. The van der Waals surface area contributed by atoms with Crippen molar-refractivity contribution in [3.8, 4) is 0 Å². The number of carbonyl (C=O) groups is 2. The molecule has 3 aromatic rings. The van der Waals surface area contributed by atoms with E-state index in [2.05, 4.69) is 10.3 Å². The molecule has 0 unspecified atom stereocenters. The van der Waals surface area contributed by atoms with Gasteiger partial charge in [-0.05, 0) is 49.6 Å². The third kappa shape index (κ3) is 4.18. The van der Waals surface area contributed by atoms with Crippen molar-refractivity contribution in [2.75, 3.05) is 13.7 Å². The van der Waals surface area contributed by atoms with Gasteiger partial charge in [0.1, 0.15) is 11.9 Å². The second-order valence-electron chi connectivity index (χ2n) is 8.10. The molecule has 0 spiro atoms. The van der Waals surface area contributed by atoms with Crippen molar-refractivity contribution >= 4 is 22.8 Å². The van der Waals surface area contributed by atoms with Gasteiger partial charge in [0.25, 0.3) is 5.91 Å². The van der Waals surface area contributed by atoms with Crippen LogP contribution in [0.5, 0.6) is 0 Å². The van der Waals surface area contributed by atoms with Gasteiger partial charge >= 0.3 is 5.97 Å². The van der Waals surface area contributed by atoms with Crippen LogP contribution in [0.4, 0.5) is 4.39 Å². The minimum absolute atomic E-state index is 0.177. The number of nitrogens with zero attached hydrogens (tertiary/aromatic N) is 1. The van der Waals surface area contributed by atoms with E-state index in [9.17, 15) is 14.0 Å². The van der Waals surface area contributed by atoms with Crippen LogP contribution in [0.15, 0.2) is 42.5 Å². The number of rotatable bonds is 5. The monoisotopic (exact) mass is 423 g/mol. The van der Waals surface area contributed by atoms with Crippen LogP contribution < -0.4 is 5.32 Å². The molecule has 31 heavy (non-hydrogen) atoms. The number of H-pyrrole nitrogens is 1. The van der Waals surface area contributed by atoms with Crippen molar-refractivity contribution < 1.29 is 18.7 Å². The molecule has 2 aromatic carbocycles. The average molecular weight is 423 g/mol. The van der Waals surface area contributed by atoms with Gasteiger partial charge in [0.05, 0.1) is 18.2 Å². The lowest BCUT2D eigenvalue weighted by Gasteiger charge is -2.22. The second-order valence-corrected chi connectivity index (χ2v) is 8.10. The van der Waals surface area contributed by atoms with Crippen molar-refractivity contribution in [3.63, 3.8) is 0 Å². The number of methoxy groups -OCH3 is 1. The fourth-order valence-electron chi connectivity index (χ4n) is 4.32. The van der Waals surface area contributed by atoms with Gasteiger partial charge in [-0.15, -0.1) is 0 Å². The number of para-hydroxylation sites is 1. The van der Waals surface area contributed by atoms with Gasteiger partial charge in [-0.3, -0.25) is 14.5 Å². The SMILES string of the molecule is COC(=O)[C@@H]1C[C@@H](NC(=O)c2cccc3c(C)c(C)[nH]c23)CN1Cc1ccc(F)cc1. The van der Waals surface area contributed by atoms with Gasteiger partial charge in [0.15, 0.2) is 0 Å². The number of ether oxygens (including phenoxy) is 1. The minimum atomic E-state index is -0.467. The maximum atomic E-state index is 13.2. The highest BCUT2D eigenvalue weighted by Crippen LogP contribution is 2.26. The van der Waals surface area contributed by atoms with Crippen LogP contribution in [-0.2, 0) is 16.1 Å². The van der Waals surface area contributed by atoms with E-state index in [1.54, 1.807) is 18.2 Å². The number of benzene rings is 2. The first kappa shape index (κ1) is 21.1. The average Bonchev–Trinajstić information content (AvgIpc) is 3.29. The first-order chi connectivity index (χ1) is 14.9. The number of likely N-dealkylation sites (tertiary alicyclic amines) is 1. The van der Waals surface area contributed by atoms with Crippen molar-refractivity contribution in [1.82, 2.24) is 15.2 Å². The molecule has 4 rings (SSSR count). The third-order valence-electron chi connectivity index (χ3n) is 6.10. The Balaban J connectivity index is 1.52. The number of amides is 1. The molecule has 0 bridgehead atoms. The van der Waals surface area contributed by atoms with E-state index >= 15 is 0 Å². The fourth-order valence-corrected chi connectivity index (χ4v) is 4.32. The van der Waals surface area contributed by atoms with E-state index in [-0.39, 0.29) is 23.7 Å². The quantitative estimate of drug-likeness (QED) is 0.617. The number of hydrogen-bond donors (Lipinski definition) is 2. The van der Waals surface area contributed by atoms with Crippen LogP contribution in [0.3, 0.4) is 0 Å². The van der Waals surface area contributed by atoms with Gasteiger partial charge in [-0.1, -0.05) is 24.3 Å². The summed E-state index contributed by atoms with van der Waals surface area (Å²) in [5.74, 6) is -0.815. The summed E-state index contributed by atoms with van der Waals surface area (Å²) < 4.78 is 18.2. The number of hydrogen-bond acceptors (Lipinski definition) is 4. The fraction of sp³-hybridized carbons (Fsp3) is 0.333. The summed E-state index contributed by atoms with van der Waals surface area (Å²) in [5, 5.41) is 4.11. The van der Waals surface area contributed by atoms with Crippen LogP contribution in [0.25, 0.3) is 10.9 Å². The van der Waals surface area contributed by atoms with Gasteiger partial charge in [-0.2, -0.15) is 0 Å². The third-order valence-corrected chi connectivity index (χ3v) is 6.10. The van der Waals surface area contributed by atoms with Gasteiger partial charge in [0.2, 0.25) is 0 Å². The highest BCUT2D eigenvalue weighted by Gasteiger charge is 2.38. The van der Waals surface area contributed by atoms with Gasteiger partial charge in [-0.25, -0.2) is 4.39 Å². The Kier molecular flexibility index (Phi) is 5.78. The molecule has 1 aliphatic rings. The first-order valence-corrected chi connectivity index (χ1v) is 10.3. The second kappa shape index (κ2) is 8.51. The zero-order valence-corrected chi connectivity index (χ0v) is 17.9. The van der Waals surface area contributed by atoms with E-state index in [1.165, 1.54) is 19.2 Å².